The summed E-state index contributed by atoms with van der Waals surface area (Å²) in [5, 5.41) is 9.52. The number of rotatable bonds is 7. The molecule has 25 heavy (non-hydrogen) atoms. The van der Waals surface area contributed by atoms with Crippen molar-refractivity contribution in [3.05, 3.63) is 29.8 Å². The molecule has 1 saturated carbocycles. The van der Waals surface area contributed by atoms with E-state index >= 15 is 0 Å². The largest absolute Gasteiger partial charge is 0.337 e. The average molecular weight is 359 g/mol. The van der Waals surface area contributed by atoms with Crippen molar-refractivity contribution in [2.45, 2.75) is 64.3 Å². The lowest BCUT2D eigenvalue weighted by molar-refractivity contribution is -0.130. The van der Waals surface area contributed by atoms with Gasteiger partial charge in [-0.3, -0.25) is 4.79 Å². The molecule has 1 aromatic carbocycles. The van der Waals surface area contributed by atoms with Gasteiger partial charge in [0, 0.05) is 24.2 Å². The van der Waals surface area contributed by atoms with Crippen molar-refractivity contribution in [3.8, 4) is 11.4 Å². The molecule has 134 valence electrons. The molecule has 0 saturated heterocycles. The molecule has 0 unspecified atom stereocenters. The minimum Gasteiger partial charge on any atom is -0.337 e. The normalized spacial score (nSPS) is 14.1. The summed E-state index contributed by atoms with van der Waals surface area (Å²) in [5.41, 5.74) is 2.26. The van der Waals surface area contributed by atoms with Gasteiger partial charge in [-0.25, -0.2) is 0 Å². The molecule has 6 heteroatoms. The highest BCUT2D eigenvalue weighted by Gasteiger charge is 2.34. The van der Waals surface area contributed by atoms with Gasteiger partial charge >= 0.3 is 0 Å². The molecule has 0 bridgehead atoms. The molecule has 3 rings (SSSR count). The molecule has 1 fully saturated rings. The summed E-state index contributed by atoms with van der Waals surface area (Å²) in [6, 6.07) is 8.97. The second-order valence-electron chi connectivity index (χ2n) is 6.83. The Balaban J connectivity index is 1.74. The molecule has 1 heterocycles. The third kappa shape index (κ3) is 4.06. The van der Waals surface area contributed by atoms with Crippen molar-refractivity contribution in [2.75, 3.05) is 5.75 Å². The number of benzene rings is 1. The van der Waals surface area contributed by atoms with Crippen LogP contribution in [-0.4, -0.2) is 43.4 Å². The number of hydrogen-bond acceptors (Lipinski definition) is 4. The Morgan fingerprint density at radius 2 is 2.12 bits per heavy atom. The van der Waals surface area contributed by atoms with E-state index in [2.05, 4.69) is 60.7 Å². The summed E-state index contributed by atoms with van der Waals surface area (Å²) < 4.78 is 2.09. The first-order valence-electron chi connectivity index (χ1n) is 8.95. The quantitative estimate of drug-likeness (QED) is 0.707. The molecule has 5 nitrogen and oxygen atoms in total. The lowest BCUT2D eigenvalue weighted by atomic mass is 10.1. The standard InChI is InChI=1S/C19H26N4OS/c1-5-22-18(15-8-6-7-14(4)11-15)20-21-19(22)25-12-17(24)23(13(2)3)16-9-10-16/h6-8,11,13,16H,5,9-10,12H2,1-4H3. The van der Waals surface area contributed by atoms with Crippen LogP contribution in [0, 0.1) is 6.92 Å². The summed E-state index contributed by atoms with van der Waals surface area (Å²) in [7, 11) is 0. The predicted molar refractivity (Wildman–Crippen MR) is 102 cm³/mol. The molecule has 1 aliphatic carbocycles. The third-order valence-electron chi connectivity index (χ3n) is 4.42. The van der Waals surface area contributed by atoms with E-state index < -0.39 is 0 Å². The first kappa shape index (κ1) is 18.0. The zero-order valence-corrected chi connectivity index (χ0v) is 16.2. The van der Waals surface area contributed by atoms with Crippen LogP contribution < -0.4 is 0 Å². The molecule has 0 spiro atoms. The van der Waals surface area contributed by atoms with Gasteiger partial charge in [-0.2, -0.15) is 0 Å². The van der Waals surface area contributed by atoms with Crippen LogP contribution in [-0.2, 0) is 11.3 Å². The Labute approximate surface area is 153 Å². The van der Waals surface area contributed by atoms with Crippen molar-refractivity contribution in [3.63, 3.8) is 0 Å². The Morgan fingerprint density at radius 3 is 2.72 bits per heavy atom. The van der Waals surface area contributed by atoms with E-state index in [1.807, 2.05) is 11.0 Å². The Morgan fingerprint density at radius 1 is 1.36 bits per heavy atom. The van der Waals surface area contributed by atoms with E-state index in [1.54, 1.807) is 0 Å². The highest BCUT2D eigenvalue weighted by molar-refractivity contribution is 7.99. The maximum atomic E-state index is 12.6. The van der Waals surface area contributed by atoms with E-state index in [0.717, 1.165) is 35.9 Å². The molecule has 1 aliphatic rings. The molecular formula is C19H26N4OS. The van der Waals surface area contributed by atoms with E-state index in [-0.39, 0.29) is 11.9 Å². The van der Waals surface area contributed by atoms with Crippen LogP contribution in [0.1, 0.15) is 39.2 Å². The van der Waals surface area contributed by atoms with Crippen molar-refractivity contribution in [1.29, 1.82) is 0 Å². The lowest BCUT2D eigenvalue weighted by Gasteiger charge is -2.26. The van der Waals surface area contributed by atoms with Gasteiger partial charge in [-0.15, -0.1) is 10.2 Å². The molecule has 0 atom stereocenters. The van der Waals surface area contributed by atoms with Gasteiger partial charge in [-0.05, 0) is 46.6 Å². The van der Waals surface area contributed by atoms with E-state index in [9.17, 15) is 4.79 Å². The van der Waals surface area contributed by atoms with Crippen LogP contribution in [0.4, 0.5) is 0 Å². The lowest BCUT2D eigenvalue weighted by Crippen LogP contribution is -2.39. The topological polar surface area (TPSA) is 51.0 Å². The summed E-state index contributed by atoms with van der Waals surface area (Å²) in [6.07, 6.45) is 2.27. The fourth-order valence-electron chi connectivity index (χ4n) is 3.15. The van der Waals surface area contributed by atoms with Crippen LogP contribution >= 0.6 is 11.8 Å². The van der Waals surface area contributed by atoms with Gasteiger partial charge in [0.1, 0.15) is 0 Å². The van der Waals surface area contributed by atoms with Crippen LogP contribution in [0.5, 0.6) is 0 Å². The van der Waals surface area contributed by atoms with Gasteiger partial charge < -0.3 is 9.47 Å². The smallest absolute Gasteiger partial charge is 0.233 e. The van der Waals surface area contributed by atoms with Gasteiger partial charge in [0.25, 0.3) is 0 Å². The van der Waals surface area contributed by atoms with Crippen molar-refractivity contribution >= 4 is 17.7 Å². The number of amides is 1. The van der Waals surface area contributed by atoms with Crippen molar-refractivity contribution in [1.82, 2.24) is 19.7 Å². The predicted octanol–water partition coefficient (Wildman–Crippen LogP) is 3.76. The zero-order chi connectivity index (χ0) is 18.0. The Kier molecular flexibility index (Phi) is 5.47. The summed E-state index contributed by atoms with van der Waals surface area (Å²) in [4.78, 5) is 14.6. The SMILES string of the molecule is CCn1c(SCC(=O)N(C(C)C)C2CC2)nnc1-c1cccc(C)c1. The monoisotopic (exact) mass is 358 g/mol. The number of hydrogen-bond donors (Lipinski definition) is 0. The molecule has 1 aromatic heterocycles. The van der Waals surface area contributed by atoms with Crippen LogP contribution in [0.25, 0.3) is 11.4 Å². The highest BCUT2D eigenvalue weighted by atomic mass is 32.2. The van der Waals surface area contributed by atoms with E-state index in [1.165, 1.54) is 17.3 Å². The van der Waals surface area contributed by atoms with E-state index in [0.29, 0.717) is 11.8 Å². The Hall–Kier alpha value is -1.82. The van der Waals surface area contributed by atoms with Gasteiger partial charge in [0.15, 0.2) is 11.0 Å². The summed E-state index contributed by atoms with van der Waals surface area (Å²) >= 11 is 1.49. The second kappa shape index (κ2) is 7.60. The maximum absolute atomic E-state index is 12.6. The Bertz CT molecular complexity index is 750. The molecule has 2 aromatic rings. The number of nitrogens with zero attached hydrogens (tertiary/aromatic N) is 4. The fourth-order valence-corrected chi connectivity index (χ4v) is 4.02. The maximum Gasteiger partial charge on any atom is 0.233 e. The van der Waals surface area contributed by atoms with Gasteiger partial charge in [0.05, 0.1) is 5.75 Å². The van der Waals surface area contributed by atoms with Crippen molar-refractivity contribution < 1.29 is 4.79 Å². The molecule has 1 amide bonds. The van der Waals surface area contributed by atoms with Crippen LogP contribution in [0.15, 0.2) is 29.4 Å². The first-order chi connectivity index (χ1) is 12.0. The average Bonchev–Trinajstić information content (AvgIpc) is 3.30. The van der Waals surface area contributed by atoms with Gasteiger partial charge in [-0.1, -0.05) is 35.5 Å². The molecule has 0 N–H and O–H groups in total. The second-order valence-corrected chi connectivity index (χ2v) is 7.78. The van der Waals surface area contributed by atoms with Crippen LogP contribution in [0.3, 0.4) is 0 Å². The fraction of sp³-hybridized carbons (Fsp3) is 0.526. The molecular weight excluding hydrogens is 332 g/mol. The first-order valence-corrected chi connectivity index (χ1v) is 9.94. The van der Waals surface area contributed by atoms with Crippen molar-refractivity contribution in [2.24, 2.45) is 0 Å². The zero-order valence-electron chi connectivity index (χ0n) is 15.4. The highest BCUT2D eigenvalue weighted by Crippen LogP contribution is 2.30. The van der Waals surface area contributed by atoms with Gasteiger partial charge in [0.2, 0.25) is 5.91 Å². The minimum atomic E-state index is 0.199. The summed E-state index contributed by atoms with van der Waals surface area (Å²) in [5.74, 6) is 1.48. The number of aromatic nitrogens is 3. The molecule has 0 radical (unpaired) electrons. The number of aryl methyl sites for hydroxylation is 1. The van der Waals surface area contributed by atoms with Crippen LogP contribution in [0.2, 0.25) is 0 Å². The number of carbonyl (C=O) groups is 1. The minimum absolute atomic E-state index is 0.199. The number of carbonyl (C=O) groups excluding carboxylic acids is 1. The number of thioether (sulfide) groups is 1. The third-order valence-corrected chi connectivity index (χ3v) is 5.37. The summed E-state index contributed by atoms with van der Waals surface area (Å²) in [6.45, 7) is 9.11. The van der Waals surface area contributed by atoms with E-state index in [4.69, 9.17) is 0 Å². The molecule has 0 aliphatic heterocycles.